The first-order valence-corrected chi connectivity index (χ1v) is 8.36. The van der Waals surface area contributed by atoms with Crippen LogP contribution in [0.3, 0.4) is 0 Å². The topological polar surface area (TPSA) is 49.9 Å². The van der Waals surface area contributed by atoms with E-state index in [1.165, 1.54) is 0 Å². The summed E-state index contributed by atoms with van der Waals surface area (Å²) in [7, 11) is 1.75. The van der Waals surface area contributed by atoms with E-state index in [0.717, 1.165) is 44.9 Å². The quantitative estimate of drug-likeness (QED) is 0.716. The zero-order chi connectivity index (χ0) is 14.2. The Bertz CT molecular complexity index is 404. The number of carbonyl (C=O) groups is 2. The van der Waals surface area contributed by atoms with Gasteiger partial charge in [-0.1, -0.05) is 0 Å². The molecule has 112 valence electrons. The number of ether oxygens (including phenoxy) is 1. The van der Waals surface area contributed by atoms with Crippen molar-refractivity contribution in [2.24, 2.45) is 0 Å². The summed E-state index contributed by atoms with van der Waals surface area (Å²) >= 11 is 2.00. The Morgan fingerprint density at radius 2 is 2.15 bits per heavy atom. The van der Waals surface area contributed by atoms with Crippen LogP contribution in [0, 0.1) is 0 Å². The molecule has 6 heteroatoms. The summed E-state index contributed by atoms with van der Waals surface area (Å²) in [6, 6.07) is -0.234. The van der Waals surface area contributed by atoms with Crippen LogP contribution in [0.15, 0.2) is 0 Å². The summed E-state index contributed by atoms with van der Waals surface area (Å²) in [5.41, 5.74) is 0. The van der Waals surface area contributed by atoms with Crippen LogP contribution in [-0.4, -0.2) is 71.5 Å². The highest BCUT2D eigenvalue weighted by atomic mass is 32.2. The van der Waals surface area contributed by atoms with Crippen LogP contribution in [0.5, 0.6) is 0 Å². The number of amides is 2. The summed E-state index contributed by atoms with van der Waals surface area (Å²) in [4.78, 5) is 27.9. The standard InChI is InChI=1S/C14H22N2O3S/c1-15-11(2-3-12(15)17)13(18)16-6-9-20-14(10-16)4-7-19-8-5-14/h11H,2-10H2,1H3/t11-/m0/s1. The van der Waals surface area contributed by atoms with Crippen molar-refractivity contribution in [3.05, 3.63) is 0 Å². The fourth-order valence-electron chi connectivity index (χ4n) is 3.38. The van der Waals surface area contributed by atoms with Gasteiger partial charge in [0.1, 0.15) is 6.04 Å². The van der Waals surface area contributed by atoms with Crippen LogP contribution in [0.2, 0.25) is 0 Å². The Labute approximate surface area is 124 Å². The van der Waals surface area contributed by atoms with Gasteiger partial charge in [-0.2, -0.15) is 11.8 Å². The Morgan fingerprint density at radius 3 is 2.80 bits per heavy atom. The molecular weight excluding hydrogens is 276 g/mol. The van der Waals surface area contributed by atoms with Crippen molar-refractivity contribution in [2.45, 2.75) is 36.5 Å². The molecule has 0 saturated carbocycles. The minimum Gasteiger partial charge on any atom is -0.381 e. The van der Waals surface area contributed by atoms with Gasteiger partial charge >= 0.3 is 0 Å². The molecule has 1 atom stereocenters. The molecule has 0 aromatic carbocycles. The third kappa shape index (κ3) is 2.55. The van der Waals surface area contributed by atoms with Crippen molar-refractivity contribution in [3.8, 4) is 0 Å². The highest BCUT2D eigenvalue weighted by Crippen LogP contribution is 2.39. The number of carbonyl (C=O) groups excluding carboxylic acids is 2. The van der Waals surface area contributed by atoms with Gasteiger partial charge in [-0.25, -0.2) is 0 Å². The second-order valence-electron chi connectivity index (χ2n) is 5.96. The highest BCUT2D eigenvalue weighted by Gasteiger charge is 2.42. The number of hydrogen-bond acceptors (Lipinski definition) is 4. The maximum absolute atomic E-state index is 12.7. The molecule has 3 saturated heterocycles. The number of likely N-dealkylation sites (N-methyl/N-ethyl adjacent to an activating group) is 1. The molecule has 1 spiro atoms. The molecule has 3 fully saturated rings. The van der Waals surface area contributed by atoms with E-state index in [9.17, 15) is 9.59 Å². The maximum Gasteiger partial charge on any atom is 0.245 e. The number of rotatable bonds is 1. The maximum atomic E-state index is 12.7. The molecule has 3 aliphatic heterocycles. The van der Waals surface area contributed by atoms with Gasteiger partial charge in [-0.15, -0.1) is 0 Å². The van der Waals surface area contributed by atoms with E-state index in [1.807, 2.05) is 16.7 Å². The van der Waals surface area contributed by atoms with E-state index in [0.29, 0.717) is 12.8 Å². The minimum absolute atomic E-state index is 0.0931. The fourth-order valence-corrected chi connectivity index (χ4v) is 4.83. The molecule has 0 aliphatic carbocycles. The monoisotopic (exact) mass is 298 g/mol. The highest BCUT2D eigenvalue weighted by molar-refractivity contribution is 8.00. The average Bonchev–Trinajstić information content (AvgIpc) is 2.79. The lowest BCUT2D eigenvalue weighted by Gasteiger charge is -2.45. The van der Waals surface area contributed by atoms with Crippen molar-refractivity contribution in [1.82, 2.24) is 9.80 Å². The normalized spacial score (nSPS) is 30.1. The van der Waals surface area contributed by atoms with Crippen molar-refractivity contribution in [1.29, 1.82) is 0 Å². The van der Waals surface area contributed by atoms with Gasteiger partial charge in [0, 0.05) is 50.3 Å². The molecular formula is C14H22N2O3S. The fraction of sp³-hybridized carbons (Fsp3) is 0.857. The first-order valence-electron chi connectivity index (χ1n) is 7.37. The van der Waals surface area contributed by atoms with Gasteiger partial charge in [0.05, 0.1) is 0 Å². The predicted molar refractivity (Wildman–Crippen MR) is 77.6 cm³/mol. The van der Waals surface area contributed by atoms with E-state index in [4.69, 9.17) is 4.74 Å². The number of hydrogen-bond donors (Lipinski definition) is 0. The zero-order valence-corrected chi connectivity index (χ0v) is 12.8. The molecule has 3 rings (SSSR count). The molecule has 0 bridgehead atoms. The first kappa shape index (κ1) is 14.2. The molecule has 20 heavy (non-hydrogen) atoms. The molecule has 0 aromatic rings. The van der Waals surface area contributed by atoms with Gasteiger partial charge < -0.3 is 14.5 Å². The van der Waals surface area contributed by atoms with E-state index >= 15 is 0 Å². The Hall–Kier alpha value is -0.750. The van der Waals surface area contributed by atoms with Crippen LogP contribution in [-0.2, 0) is 14.3 Å². The summed E-state index contributed by atoms with van der Waals surface area (Å²) in [5.74, 6) is 1.23. The molecule has 3 aliphatic rings. The molecule has 2 amide bonds. The average molecular weight is 298 g/mol. The molecule has 0 aromatic heterocycles. The summed E-state index contributed by atoms with van der Waals surface area (Å²) < 4.78 is 5.64. The van der Waals surface area contributed by atoms with Crippen LogP contribution < -0.4 is 0 Å². The molecule has 0 radical (unpaired) electrons. The van der Waals surface area contributed by atoms with Crippen molar-refractivity contribution in [2.75, 3.05) is 39.1 Å². The number of likely N-dealkylation sites (tertiary alicyclic amines) is 1. The van der Waals surface area contributed by atoms with E-state index in [1.54, 1.807) is 11.9 Å². The predicted octanol–water partition coefficient (Wildman–Crippen LogP) is 0.732. The lowest BCUT2D eigenvalue weighted by Crippen LogP contribution is -2.55. The minimum atomic E-state index is -0.234. The van der Waals surface area contributed by atoms with Gasteiger partial charge in [-0.3, -0.25) is 9.59 Å². The molecule has 0 N–H and O–H groups in total. The van der Waals surface area contributed by atoms with Gasteiger partial charge in [0.25, 0.3) is 0 Å². The van der Waals surface area contributed by atoms with Crippen LogP contribution >= 0.6 is 11.8 Å². The molecule has 0 unspecified atom stereocenters. The van der Waals surface area contributed by atoms with E-state index in [2.05, 4.69) is 0 Å². The van der Waals surface area contributed by atoms with Gasteiger partial charge in [0.15, 0.2) is 0 Å². The summed E-state index contributed by atoms with van der Waals surface area (Å²) in [6.07, 6.45) is 3.24. The Kier molecular flexibility index (Phi) is 3.95. The summed E-state index contributed by atoms with van der Waals surface area (Å²) in [6.45, 7) is 3.23. The molecule has 3 heterocycles. The lowest BCUT2D eigenvalue weighted by atomic mass is 9.97. The van der Waals surface area contributed by atoms with E-state index < -0.39 is 0 Å². The van der Waals surface area contributed by atoms with Crippen molar-refractivity contribution >= 4 is 23.6 Å². The second-order valence-corrected chi connectivity index (χ2v) is 7.53. The van der Waals surface area contributed by atoms with Gasteiger partial charge in [0.2, 0.25) is 11.8 Å². The van der Waals surface area contributed by atoms with E-state index in [-0.39, 0.29) is 22.6 Å². The SMILES string of the molecule is CN1C(=O)CC[C@H]1C(=O)N1CCSC2(CCOCC2)C1. The van der Waals surface area contributed by atoms with Crippen molar-refractivity contribution < 1.29 is 14.3 Å². The number of nitrogens with zero attached hydrogens (tertiary/aromatic N) is 2. The van der Waals surface area contributed by atoms with Crippen molar-refractivity contribution in [3.63, 3.8) is 0 Å². The largest absolute Gasteiger partial charge is 0.381 e. The smallest absolute Gasteiger partial charge is 0.245 e. The van der Waals surface area contributed by atoms with Gasteiger partial charge in [-0.05, 0) is 19.3 Å². The molecule has 5 nitrogen and oxygen atoms in total. The second kappa shape index (κ2) is 5.56. The van der Waals surface area contributed by atoms with Crippen LogP contribution in [0.1, 0.15) is 25.7 Å². The third-order valence-electron chi connectivity index (χ3n) is 4.74. The first-order chi connectivity index (χ1) is 9.61. The van der Waals surface area contributed by atoms with Crippen LogP contribution in [0.25, 0.3) is 0 Å². The lowest BCUT2D eigenvalue weighted by molar-refractivity contribution is -0.140. The third-order valence-corrected chi connectivity index (χ3v) is 6.28. The number of thioether (sulfide) groups is 1. The Morgan fingerprint density at radius 1 is 1.40 bits per heavy atom. The Balaban J connectivity index is 1.67. The van der Waals surface area contributed by atoms with Crippen LogP contribution in [0.4, 0.5) is 0 Å². The summed E-state index contributed by atoms with van der Waals surface area (Å²) in [5, 5.41) is 0. The zero-order valence-electron chi connectivity index (χ0n) is 12.0.